The Morgan fingerprint density at radius 3 is 2.18 bits per heavy atom. The molecule has 0 fully saturated rings. The maximum absolute atomic E-state index is 12.2. The summed E-state index contributed by atoms with van der Waals surface area (Å²) < 4.78 is 5.44. The van der Waals surface area contributed by atoms with Crippen LogP contribution >= 0.6 is 11.6 Å². The minimum Gasteiger partial charge on any atom is -0.507 e. The average molecular weight is 394 g/mol. The molecule has 5 nitrogen and oxygen atoms in total. The third-order valence-electron chi connectivity index (χ3n) is 4.80. The van der Waals surface area contributed by atoms with Crippen molar-refractivity contribution in [3.05, 3.63) is 83.4 Å². The lowest BCUT2D eigenvalue weighted by Gasteiger charge is -2.15. The molecule has 0 radical (unpaired) electrons. The number of carbonyl (C=O) groups excluding carboxylic acids is 2. The maximum Gasteiger partial charge on any atom is 0.411 e. The van der Waals surface area contributed by atoms with Crippen molar-refractivity contribution in [1.29, 1.82) is 0 Å². The van der Waals surface area contributed by atoms with Crippen molar-refractivity contribution in [1.82, 2.24) is 0 Å². The first-order chi connectivity index (χ1) is 13.5. The zero-order valence-electron chi connectivity index (χ0n) is 14.7. The van der Waals surface area contributed by atoms with Gasteiger partial charge in [-0.25, -0.2) is 4.79 Å². The van der Waals surface area contributed by atoms with Gasteiger partial charge in [-0.05, 0) is 52.1 Å². The van der Waals surface area contributed by atoms with E-state index in [2.05, 4.69) is 17.4 Å². The zero-order valence-corrected chi connectivity index (χ0v) is 15.4. The molecule has 3 aromatic carbocycles. The predicted octanol–water partition coefficient (Wildman–Crippen LogP) is 5.13. The summed E-state index contributed by atoms with van der Waals surface area (Å²) in [6, 6.07) is 20.2. The summed E-state index contributed by atoms with van der Waals surface area (Å²) in [4.78, 5) is 23.5. The van der Waals surface area contributed by atoms with E-state index >= 15 is 0 Å². The van der Waals surface area contributed by atoms with Gasteiger partial charge >= 0.3 is 6.09 Å². The second-order valence-electron chi connectivity index (χ2n) is 6.46. The minimum atomic E-state index is -0.811. The van der Waals surface area contributed by atoms with Crippen LogP contribution in [-0.2, 0) is 4.74 Å². The molecule has 2 N–H and O–H groups in total. The molecule has 0 aromatic heterocycles. The zero-order chi connectivity index (χ0) is 19.7. The highest BCUT2D eigenvalue weighted by molar-refractivity contribution is 6.68. The lowest BCUT2D eigenvalue weighted by molar-refractivity contribution is 0.107. The molecule has 0 saturated carbocycles. The van der Waals surface area contributed by atoms with Crippen LogP contribution in [0.5, 0.6) is 5.75 Å². The van der Waals surface area contributed by atoms with Crippen LogP contribution in [0.3, 0.4) is 0 Å². The number of hydrogen-bond donors (Lipinski definition) is 2. The summed E-state index contributed by atoms with van der Waals surface area (Å²) >= 11 is 5.42. The quantitative estimate of drug-likeness (QED) is 0.475. The van der Waals surface area contributed by atoms with Crippen molar-refractivity contribution in [2.24, 2.45) is 0 Å². The first-order valence-electron chi connectivity index (χ1n) is 8.69. The van der Waals surface area contributed by atoms with Crippen LogP contribution < -0.4 is 5.32 Å². The topological polar surface area (TPSA) is 75.6 Å². The van der Waals surface area contributed by atoms with E-state index in [1.165, 1.54) is 18.2 Å². The van der Waals surface area contributed by atoms with Crippen LogP contribution in [0, 0.1) is 0 Å². The largest absolute Gasteiger partial charge is 0.507 e. The number of benzene rings is 3. The highest BCUT2D eigenvalue weighted by atomic mass is 35.5. The molecule has 0 unspecified atom stereocenters. The van der Waals surface area contributed by atoms with Crippen molar-refractivity contribution in [2.75, 3.05) is 11.9 Å². The van der Waals surface area contributed by atoms with Crippen molar-refractivity contribution in [2.45, 2.75) is 5.92 Å². The number of nitrogens with one attached hydrogen (secondary N) is 1. The Balaban J connectivity index is 1.49. The molecule has 1 amide bonds. The molecule has 28 heavy (non-hydrogen) atoms. The second kappa shape index (κ2) is 7.37. The average Bonchev–Trinajstić information content (AvgIpc) is 3.01. The molecule has 0 heterocycles. The van der Waals surface area contributed by atoms with E-state index in [1.54, 1.807) is 0 Å². The van der Waals surface area contributed by atoms with Crippen molar-refractivity contribution in [3.8, 4) is 16.9 Å². The number of carbonyl (C=O) groups is 2. The molecule has 0 spiro atoms. The van der Waals surface area contributed by atoms with Gasteiger partial charge in [-0.15, -0.1) is 0 Å². The Kier molecular flexibility index (Phi) is 4.75. The fraction of sp³-hybridized carbons (Fsp3) is 0.0909. The molecule has 1 aliphatic carbocycles. The van der Waals surface area contributed by atoms with E-state index in [-0.39, 0.29) is 23.8 Å². The number of hydrogen-bond acceptors (Lipinski definition) is 4. The fourth-order valence-corrected chi connectivity index (χ4v) is 3.67. The molecular weight excluding hydrogens is 378 g/mol. The van der Waals surface area contributed by atoms with Gasteiger partial charge in [0, 0.05) is 11.6 Å². The van der Waals surface area contributed by atoms with Crippen LogP contribution in [0.2, 0.25) is 0 Å². The van der Waals surface area contributed by atoms with E-state index in [4.69, 9.17) is 16.3 Å². The normalized spacial score (nSPS) is 12.2. The van der Waals surface area contributed by atoms with Crippen LogP contribution in [0.4, 0.5) is 10.5 Å². The Morgan fingerprint density at radius 1 is 0.964 bits per heavy atom. The summed E-state index contributed by atoms with van der Waals surface area (Å²) in [5.41, 5.74) is 4.76. The van der Waals surface area contributed by atoms with Crippen LogP contribution in [0.25, 0.3) is 11.1 Å². The molecule has 0 saturated heterocycles. The summed E-state index contributed by atoms with van der Waals surface area (Å²) in [5.74, 6) is -0.295. The summed E-state index contributed by atoms with van der Waals surface area (Å²) in [5, 5.41) is 11.4. The number of phenols is 1. The van der Waals surface area contributed by atoms with E-state index in [1.807, 2.05) is 36.4 Å². The number of amides is 1. The van der Waals surface area contributed by atoms with Gasteiger partial charge in [-0.1, -0.05) is 48.5 Å². The van der Waals surface area contributed by atoms with Gasteiger partial charge in [-0.3, -0.25) is 10.1 Å². The minimum absolute atomic E-state index is 0.0436. The fourth-order valence-electron chi connectivity index (χ4n) is 3.52. The number of fused-ring (bicyclic) bond motifs is 3. The standard InChI is InChI=1S/C22H16ClNO4/c23-21(26)18-11-13(9-10-20(18)25)24-22(27)28-12-19-16-7-3-1-5-14(16)15-6-2-4-8-17(15)19/h1-11,19,25H,12H2,(H,24,27). The van der Waals surface area contributed by atoms with Crippen molar-refractivity contribution in [3.63, 3.8) is 0 Å². The Morgan fingerprint density at radius 2 is 1.57 bits per heavy atom. The van der Waals surface area contributed by atoms with Crippen LogP contribution in [-0.4, -0.2) is 23.0 Å². The van der Waals surface area contributed by atoms with Gasteiger partial charge in [0.2, 0.25) is 0 Å². The van der Waals surface area contributed by atoms with Gasteiger partial charge in [0.05, 0.1) is 5.56 Å². The highest BCUT2D eigenvalue weighted by Gasteiger charge is 2.29. The molecule has 0 aliphatic heterocycles. The van der Waals surface area contributed by atoms with Gasteiger partial charge in [0.1, 0.15) is 12.4 Å². The first-order valence-corrected chi connectivity index (χ1v) is 9.07. The van der Waals surface area contributed by atoms with Gasteiger partial charge in [-0.2, -0.15) is 0 Å². The van der Waals surface area contributed by atoms with E-state index < -0.39 is 11.3 Å². The SMILES string of the molecule is O=C(Nc1ccc(O)c(C(=O)Cl)c1)OCC1c2ccccc2-c2ccccc21. The Labute approximate surface area is 166 Å². The third kappa shape index (κ3) is 3.32. The van der Waals surface area contributed by atoms with Crippen molar-refractivity contribution < 1.29 is 19.4 Å². The predicted molar refractivity (Wildman–Crippen MR) is 107 cm³/mol. The molecule has 140 valence electrons. The Hall–Kier alpha value is -3.31. The molecule has 4 rings (SSSR count). The molecular formula is C22H16ClNO4. The van der Waals surface area contributed by atoms with E-state index in [9.17, 15) is 14.7 Å². The Bertz CT molecular complexity index is 1030. The summed E-state index contributed by atoms with van der Waals surface area (Å²) in [6.07, 6.45) is -0.652. The number of anilines is 1. The number of rotatable bonds is 4. The van der Waals surface area contributed by atoms with E-state index in [0.29, 0.717) is 5.69 Å². The number of ether oxygens (including phenoxy) is 1. The van der Waals surface area contributed by atoms with E-state index in [0.717, 1.165) is 22.3 Å². The van der Waals surface area contributed by atoms with Gasteiger partial charge in [0.25, 0.3) is 5.24 Å². The maximum atomic E-state index is 12.2. The number of halogens is 1. The molecule has 0 bridgehead atoms. The van der Waals surface area contributed by atoms with Gasteiger partial charge in [0.15, 0.2) is 0 Å². The summed E-state index contributed by atoms with van der Waals surface area (Å²) in [7, 11) is 0. The summed E-state index contributed by atoms with van der Waals surface area (Å²) in [6.45, 7) is 0.180. The number of phenolic OH excluding ortho intramolecular Hbond substituents is 1. The monoisotopic (exact) mass is 393 g/mol. The first kappa shape index (κ1) is 18.1. The third-order valence-corrected chi connectivity index (χ3v) is 5.00. The van der Waals surface area contributed by atoms with Crippen LogP contribution in [0.1, 0.15) is 27.4 Å². The van der Waals surface area contributed by atoms with Crippen LogP contribution in [0.15, 0.2) is 66.7 Å². The molecule has 0 atom stereocenters. The smallest absolute Gasteiger partial charge is 0.411 e. The number of aromatic hydroxyl groups is 1. The molecule has 1 aliphatic rings. The highest BCUT2D eigenvalue weighted by Crippen LogP contribution is 2.44. The lowest BCUT2D eigenvalue weighted by Crippen LogP contribution is -2.18. The van der Waals surface area contributed by atoms with Crippen molar-refractivity contribution >= 4 is 28.6 Å². The second-order valence-corrected chi connectivity index (χ2v) is 6.80. The van der Waals surface area contributed by atoms with Gasteiger partial charge < -0.3 is 9.84 Å². The lowest BCUT2D eigenvalue weighted by atomic mass is 9.98. The molecule has 3 aromatic rings. The molecule has 6 heteroatoms.